The van der Waals surface area contributed by atoms with E-state index in [-0.39, 0.29) is 25.6 Å². The molecule has 0 saturated heterocycles. The number of hydrogen-bond donors (Lipinski definition) is 3. The molecule has 0 aliphatic heterocycles. The highest BCUT2D eigenvalue weighted by atomic mass is 31.2. The van der Waals surface area contributed by atoms with Crippen LogP contribution in [0.1, 0.15) is 123 Å². The van der Waals surface area contributed by atoms with Gasteiger partial charge >= 0.3 is 19.8 Å². The Labute approximate surface area is 212 Å². The van der Waals surface area contributed by atoms with E-state index in [0.29, 0.717) is 6.42 Å². The Kier molecular flexibility index (Phi) is 21.6. The molecule has 0 radical (unpaired) electrons. The maximum Gasteiger partial charge on any atom is 0.472 e. The number of carboxylic acid groups (broad SMARTS) is 1. The van der Waals surface area contributed by atoms with Crippen molar-refractivity contribution in [3.05, 3.63) is 0 Å². The number of rotatable bonds is 25. The molecule has 9 nitrogen and oxygen atoms in total. The van der Waals surface area contributed by atoms with Gasteiger partial charge in [0.15, 0.2) is 0 Å². The fourth-order valence-electron chi connectivity index (χ4n) is 3.64. The van der Waals surface area contributed by atoms with Gasteiger partial charge in [-0.05, 0) is 13.3 Å². The fourth-order valence-corrected chi connectivity index (χ4v) is 4.62. The maximum absolute atomic E-state index is 11.8. The minimum absolute atomic E-state index is 0.0712. The standard InChI is InChI=1S/C25H50NO8P/c1-3-4-5-6-7-8-9-10-11-12-13-14-15-16-17-19-23(27)32-20-18-21-33-35(30,31)34-22(2)24(26)25(28)29/h22,24H,3-21,26H2,1-2H3,(H,28,29)(H,30,31)/t22-,24+/m1/s1. The molecule has 0 fully saturated rings. The van der Waals surface area contributed by atoms with Crippen molar-refractivity contribution in [2.45, 2.75) is 135 Å². The Morgan fingerprint density at radius 2 is 1.26 bits per heavy atom. The molecular formula is C25H50NO8P. The summed E-state index contributed by atoms with van der Waals surface area (Å²) in [7, 11) is -4.44. The third kappa shape index (κ3) is 22.0. The highest BCUT2D eigenvalue weighted by Crippen LogP contribution is 2.44. The van der Waals surface area contributed by atoms with Gasteiger partial charge in [-0.1, -0.05) is 96.8 Å². The van der Waals surface area contributed by atoms with Gasteiger partial charge < -0.3 is 20.5 Å². The molecular weight excluding hydrogens is 473 g/mol. The Morgan fingerprint density at radius 3 is 1.71 bits per heavy atom. The van der Waals surface area contributed by atoms with Gasteiger partial charge in [0, 0.05) is 12.8 Å². The summed E-state index contributed by atoms with van der Waals surface area (Å²) in [5, 5.41) is 8.76. The van der Waals surface area contributed by atoms with E-state index in [1.165, 1.54) is 84.0 Å². The number of aliphatic carboxylic acids is 1. The minimum atomic E-state index is -4.44. The quantitative estimate of drug-likeness (QED) is 0.0732. The van der Waals surface area contributed by atoms with Crippen LogP contribution in [0.25, 0.3) is 0 Å². The zero-order valence-electron chi connectivity index (χ0n) is 22.0. The molecule has 208 valence electrons. The Bertz CT molecular complexity index is 590. The van der Waals surface area contributed by atoms with Crippen LogP contribution in [-0.2, 0) is 27.9 Å². The van der Waals surface area contributed by atoms with E-state index in [1.54, 1.807) is 0 Å². The molecule has 3 atom stereocenters. The number of carbonyl (C=O) groups excluding carboxylic acids is 1. The average molecular weight is 524 g/mol. The van der Waals surface area contributed by atoms with Crippen molar-refractivity contribution in [2.75, 3.05) is 13.2 Å². The van der Waals surface area contributed by atoms with E-state index in [4.69, 9.17) is 24.6 Å². The van der Waals surface area contributed by atoms with Gasteiger partial charge in [-0.3, -0.25) is 18.6 Å². The molecule has 0 bridgehead atoms. The third-order valence-corrected chi connectivity index (χ3v) is 6.99. The first-order valence-electron chi connectivity index (χ1n) is 13.5. The van der Waals surface area contributed by atoms with Gasteiger partial charge in [-0.15, -0.1) is 0 Å². The monoisotopic (exact) mass is 523 g/mol. The van der Waals surface area contributed by atoms with Crippen LogP contribution in [0.5, 0.6) is 0 Å². The zero-order chi connectivity index (χ0) is 26.4. The molecule has 1 unspecified atom stereocenters. The number of esters is 1. The molecule has 0 heterocycles. The van der Waals surface area contributed by atoms with Crippen molar-refractivity contribution in [1.29, 1.82) is 0 Å². The molecule has 0 aromatic rings. The van der Waals surface area contributed by atoms with Crippen molar-refractivity contribution in [3.63, 3.8) is 0 Å². The number of phosphoric acid groups is 1. The predicted octanol–water partition coefficient (Wildman–Crippen LogP) is 6.12. The molecule has 10 heteroatoms. The zero-order valence-corrected chi connectivity index (χ0v) is 22.9. The lowest BCUT2D eigenvalue weighted by Crippen LogP contribution is -2.41. The smallest absolute Gasteiger partial charge is 0.472 e. The number of phosphoric ester groups is 1. The molecule has 0 aromatic heterocycles. The van der Waals surface area contributed by atoms with Crippen LogP contribution in [0.15, 0.2) is 0 Å². The van der Waals surface area contributed by atoms with Crippen molar-refractivity contribution < 1.29 is 37.9 Å². The van der Waals surface area contributed by atoms with E-state index < -0.39 is 25.9 Å². The number of carboxylic acids is 1. The van der Waals surface area contributed by atoms with E-state index in [1.807, 2.05) is 0 Å². The van der Waals surface area contributed by atoms with Crippen molar-refractivity contribution in [3.8, 4) is 0 Å². The van der Waals surface area contributed by atoms with Gasteiger partial charge in [0.2, 0.25) is 0 Å². The summed E-state index contributed by atoms with van der Waals surface area (Å²) in [6.45, 7) is 3.42. The van der Waals surface area contributed by atoms with Crippen molar-refractivity contribution in [2.24, 2.45) is 5.73 Å². The number of carbonyl (C=O) groups is 2. The summed E-state index contributed by atoms with van der Waals surface area (Å²) in [6.07, 6.45) is 18.4. The summed E-state index contributed by atoms with van der Waals surface area (Å²) >= 11 is 0. The molecule has 0 aliphatic carbocycles. The molecule has 35 heavy (non-hydrogen) atoms. The Morgan fingerprint density at radius 1 is 0.800 bits per heavy atom. The van der Waals surface area contributed by atoms with E-state index in [0.717, 1.165) is 19.3 Å². The lowest BCUT2D eigenvalue weighted by molar-refractivity contribution is -0.144. The molecule has 0 aliphatic rings. The van der Waals surface area contributed by atoms with Crippen LogP contribution in [0.3, 0.4) is 0 Å². The van der Waals surface area contributed by atoms with Crippen molar-refractivity contribution in [1.82, 2.24) is 0 Å². The van der Waals surface area contributed by atoms with E-state index in [2.05, 4.69) is 6.92 Å². The molecule has 0 spiro atoms. The molecule has 0 amide bonds. The first-order valence-corrected chi connectivity index (χ1v) is 15.0. The molecule has 0 saturated carbocycles. The van der Waals surface area contributed by atoms with Gasteiger partial charge in [-0.2, -0.15) is 0 Å². The Hall–Kier alpha value is -0.990. The second-order valence-electron chi connectivity index (χ2n) is 9.25. The van der Waals surface area contributed by atoms with Gasteiger partial charge in [0.05, 0.1) is 19.3 Å². The predicted molar refractivity (Wildman–Crippen MR) is 137 cm³/mol. The lowest BCUT2D eigenvalue weighted by Gasteiger charge is -2.19. The normalized spacial score (nSPS) is 14.9. The second kappa shape index (κ2) is 22.2. The summed E-state index contributed by atoms with van der Waals surface area (Å²) in [5.41, 5.74) is 5.32. The second-order valence-corrected chi connectivity index (χ2v) is 10.7. The van der Waals surface area contributed by atoms with Crippen LogP contribution in [-0.4, -0.2) is 47.3 Å². The van der Waals surface area contributed by atoms with E-state index in [9.17, 15) is 19.0 Å². The summed E-state index contributed by atoms with van der Waals surface area (Å²) in [4.78, 5) is 32.1. The van der Waals surface area contributed by atoms with Gasteiger partial charge in [0.1, 0.15) is 6.04 Å². The van der Waals surface area contributed by atoms with Crippen LogP contribution in [0.2, 0.25) is 0 Å². The fraction of sp³-hybridized carbons (Fsp3) is 0.920. The highest BCUT2D eigenvalue weighted by Gasteiger charge is 2.30. The summed E-state index contributed by atoms with van der Waals surface area (Å²) in [5.74, 6) is -1.64. The summed E-state index contributed by atoms with van der Waals surface area (Å²) in [6, 6.07) is -1.44. The van der Waals surface area contributed by atoms with Crippen LogP contribution < -0.4 is 5.73 Å². The van der Waals surface area contributed by atoms with Crippen molar-refractivity contribution >= 4 is 19.8 Å². The first-order chi connectivity index (χ1) is 16.7. The Balaban J connectivity index is 3.49. The van der Waals surface area contributed by atoms with Crippen LogP contribution in [0.4, 0.5) is 0 Å². The number of nitrogens with two attached hydrogens (primary N) is 1. The topological polar surface area (TPSA) is 145 Å². The number of unbranched alkanes of at least 4 members (excludes halogenated alkanes) is 14. The lowest BCUT2D eigenvalue weighted by atomic mass is 10.0. The molecule has 0 aromatic carbocycles. The molecule has 4 N–H and O–H groups in total. The van der Waals surface area contributed by atoms with E-state index >= 15 is 0 Å². The summed E-state index contributed by atoms with van der Waals surface area (Å²) < 4.78 is 26.3. The van der Waals surface area contributed by atoms with Gasteiger partial charge in [-0.25, -0.2) is 4.57 Å². The largest absolute Gasteiger partial charge is 0.480 e. The van der Waals surface area contributed by atoms with Crippen LogP contribution in [0, 0.1) is 0 Å². The number of ether oxygens (including phenoxy) is 1. The SMILES string of the molecule is CCCCCCCCCCCCCCCCCC(=O)OCCCOP(=O)(O)O[C@H](C)[C@H](N)C(=O)O. The minimum Gasteiger partial charge on any atom is -0.480 e. The molecule has 0 rings (SSSR count). The number of hydrogen-bond acceptors (Lipinski definition) is 7. The maximum atomic E-state index is 11.8. The van der Waals surface area contributed by atoms with Gasteiger partial charge in [0.25, 0.3) is 0 Å². The van der Waals surface area contributed by atoms with Crippen LogP contribution >= 0.6 is 7.82 Å². The average Bonchev–Trinajstić information content (AvgIpc) is 2.80. The third-order valence-electron chi connectivity index (χ3n) is 5.88. The first kappa shape index (κ1) is 34.0. The highest BCUT2D eigenvalue weighted by molar-refractivity contribution is 7.47.